The summed E-state index contributed by atoms with van der Waals surface area (Å²) >= 11 is 0. The lowest BCUT2D eigenvalue weighted by atomic mass is 9.78. The Morgan fingerprint density at radius 2 is 2.21 bits per heavy atom. The largest absolute Gasteiger partial charge is 0.466 e. The molecule has 1 saturated carbocycles. The Balaban J connectivity index is 1.87. The summed E-state index contributed by atoms with van der Waals surface area (Å²) in [6.07, 6.45) is 2.30. The maximum Gasteiger partial charge on any atom is 0.333 e. The van der Waals surface area contributed by atoms with Crippen molar-refractivity contribution in [1.29, 1.82) is 0 Å². The van der Waals surface area contributed by atoms with E-state index in [0.29, 0.717) is 18.4 Å². The Morgan fingerprint density at radius 3 is 2.89 bits per heavy atom. The molecule has 0 bridgehead atoms. The van der Waals surface area contributed by atoms with Crippen molar-refractivity contribution in [2.45, 2.75) is 50.8 Å². The topological polar surface area (TPSA) is 65.0 Å². The molecule has 0 spiro atoms. The minimum Gasteiger partial charge on any atom is -0.466 e. The zero-order valence-corrected chi connectivity index (χ0v) is 11.5. The summed E-state index contributed by atoms with van der Waals surface area (Å²) < 4.78 is 16.6. The van der Waals surface area contributed by atoms with Gasteiger partial charge < -0.3 is 19.3 Å². The maximum atomic E-state index is 11.8. The first-order chi connectivity index (χ1) is 8.93. The van der Waals surface area contributed by atoms with Crippen LogP contribution in [-0.4, -0.2) is 42.3 Å². The Kier molecular flexibility index (Phi) is 2.96. The summed E-state index contributed by atoms with van der Waals surface area (Å²) in [5.41, 5.74) is 0.664. The summed E-state index contributed by atoms with van der Waals surface area (Å²) in [5.74, 6) is -1.01. The van der Waals surface area contributed by atoms with Crippen LogP contribution in [-0.2, 0) is 19.0 Å². The van der Waals surface area contributed by atoms with Crippen molar-refractivity contribution >= 4 is 5.97 Å². The molecule has 2 aliphatic carbocycles. The lowest BCUT2D eigenvalue weighted by Crippen LogP contribution is -2.39. The molecule has 19 heavy (non-hydrogen) atoms. The minimum atomic E-state index is -0.605. The van der Waals surface area contributed by atoms with E-state index < -0.39 is 11.9 Å². The van der Waals surface area contributed by atoms with Gasteiger partial charge in [-0.3, -0.25) is 0 Å². The third-order valence-electron chi connectivity index (χ3n) is 4.40. The molecular formula is C14H20O5. The molecule has 1 saturated heterocycles. The van der Waals surface area contributed by atoms with Crippen LogP contribution in [0.15, 0.2) is 11.6 Å². The molecule has 0 radical (unpaired) electrons. The first-order valence-electron chi connectivity index (χ1n) is 6.75. The summed E-state index contributed by atoms with van der Waals surface area (Å²) in [4.78, 5) is 11.8. The number of hydrogen-bond acceptors (Lipinski definition) is 5. The van der Waals surface area contributed by atoms with E-state index in [2.05, 4.69) is 0 Å². The molecule has 1 heterocycles. The lowest BCUT2D eigenvalue weighted by Gasteiger charge is -2.33. The second-order valence-corrected chi connectivity index (χ2v) is 6.01. The van der Waals surface area contributed by atoms with Gasteiger partial charge in [0.1, 0.15) is 0 Å². The summed E-state index contributed by atoms with van der Waals surface area (Å²) in [5, 5.41) is 10.2. The molecule has 0 unspecified atom stereocenters. The van der Waals surface area contributed by atoms with Gasteiger partial charge in [-0.05, 0) is 26.7 Å². The summed E-state index contributed by atoms with van der Waals surface area (Å²) in [6.45, 7) is 3.76. The van der Waals surface area contributed by atoms with Crippen LogP contribution in [0.4, 0.5) is 0 Å². The maximum absolute atomic E-state index is 11.8. The molecule has 3 aliphatic rings. The highest BCUT2D eigenvalue weighted by molar-refractivity contribution is 5.89. The van der Waals surface area contributed by atoms with E-state index in [0.717, 1.165) is 0 Å². The predicted octanol–water partition coefficient (Wildman–Crippen LogP) is 1.01. The molecule has 1 aliphatic heterocycles. The van der Waals surface area contributed by atoms with Crippen molar-refractivity contribution in [3.63, 3.8) is 0 Å². The lowest BCUT2D eigenvalue weighted by molar-refractivity contribution is -0.165. The third kappa shape index (κ3) is 2.00. The van der Waals surface area contributed by atoms with Gasteiger partial charge in [-0.25, -0.2) is 4.79 Å². The Hall–Kier alpha value is -0.910. The Bertz CT molecular complexity index is 428. The molecule has 2 fully saturated rings. The van der Waals surface area contributed by atoms with Gasteiger partial charge in [-0.2, -0.15) is 0 Å². The quantitative estimate of drug-likeness (QED) is 0.719. The standard InChI is InChI=1S/C14H20O5/c1-14(2)18-10-6-8-7(13(16)17-3)4-5-9(15)11(8)12(10)19-14/h4,8-12,15H,5-6H2,1-3H3/t8-,9-,10+,11-,12+/m0/s1. The minimum absolute atomic E-state index is 0.0256. The normalized spacial score (nSPS) is 43.4. The molecular weight excluding hydrogens is 248 g/mol. The number of esters is 1. The van der Waals surface area contributed by atoms with E-state index in [9.17, 15) is 9.90 Å². The first-order valence-corrected chi connectivity index (χ1v) is 6.75. The van der Waals surface area contributed by atoms with Crippen LogP contribution in [0.5, 0.6) is 0 Å². The van der Waals surface area contributed by atoms with E-state index in [1.54, 1.807) is 6.08 Å². The number of methoxy groups -OCH3 is 1. The van der Waals surface area contributed by atoms with Gasteiger partial charge >= 0.3 is 5.97 Å². The molecule has 0 aromatic rings. The molecule has 0 aromatic heterocycles. The number of aliphatic hydroxyl groups excluding tert-OH is 1. The number of hydrogen-bond donors (Lipinski definition) is 1. The Morgan fingerprint density at radius 1 is 1.47 bits per heavy atom. The van der Waals surface area contributed by atoms with Gasteiger partial charge in [0, 0.05) is 17.4 Å². The highest BCUT2D eigenvalue weighted by atomic mass is 16.8. The molecule has 0 aromatic carbocycles. The summed E-state index contributed by atoms with van der Waals surface area (Å²) in [6, 6.07) is 0. The molecule has 5 atom stereocenters. The number of aliphatic hydroxyl groups is 1. The van der Waals surface area contributed by atoms with Gasteiger partial charge in [0.2, 0.25) is 0 Å². The summed E-state index contributed by atoms with van der Waals surface area (Å²) in [7, 11) is 1.38. The average molecular weight is 268 g/mol. The van der Waals surface area contributed by atoms with Gasteiger partial charge in [0.05, 0.1) is 25.4 Å². The molecule has 5 nitrogen and oxygen atoms in total. The molecule has 1 N–H and O–H groups in total. The predicted molar refractivity (Wildman–Crippen MR) is 66.1 cm³/mol. The zero-order valence-electron chi connectivity index (χ0n) is 11.5. The van der Waals surface area contributed by atoms with Crippen molar-refractivity contribution in [2.75, 3.05) is 7.11 Å². The highest BCUT2D eigenvalue weighted by Gasteiger charge is 2.57. The average Bonchev–Trinajstić information content (AvgIpc) is 2.80. The zero-order chi connectivity index (χ0) is 13.8. The third-order valence-corrected chi connectivity index (χ3v) is 4.40. The van der Waals surface area contributed by atoms with Crippen LogP contribution < -0.4 is 0 Å². The fourth-order valence-electron chi connectivity index (χ4n) is 3.74. The number of rotatable bonds is 1. The van der Waals surface area contributed by atoms with Crippen LogP contribution >= 0.6 is 0 Å². The van der Waals surface area contributed by atoms with Gasteiger partial charge in [-0.15, -0.1) is 0 Å². The Labute approximate surface area is 112 Å². The molecule has 106 valence electrons. The van der Waals surface area contributed by atoms with Crippen molar-refractivity contribution in [1.82, 2.24) is 0 Å². The molecule has 0 amide bonds. The van der Waals surface area contributed by atoms with E-state index in [1.807, 2.05) is 13.8 Å². The number of ether oxygens (including phenoxy) is 3. The fourth-order valence-corrected chi connectivity index (χ4v) is 3.74. The van der Waals surface area contributed by atoms with Crippen LogP contribution in [0, 0.1) is 11.8 Å². The SMILES string of the molecule is COC(=O)C1=CC[C@H](O)[C@H]2[C@@H]3OC(C)(C)O[C@@H]3C[C@@H]12. The monoisotopic (exact) mass is 268 g/mol. The van der Waals surface area contributed by atoms with Gasteiger partial charge in [-0.1, -0.05) is 6.08 Å². The van der Waals surface area contributed by atoms with E-state index in [4.69, 9.17) is 14.2 Å². The smallest absolute Gasteiger partial charge is 0.333 e. The van der Waals surface area contributed by atoms with Crippen LogP contribution in [0.2, 0.25) is 0 Å². The molecule has 3 rings (SSSR count). The van der Waals surface area contributed by atoms with Crippen LogP contribution in [0.3, 0.4) is 0 Å². The second-order valence-electron chi connectivity index (χ2n) is 6.01. The fraction of sp³-hybridized carbons (Fsp3) is 0.786. The number of carbonyl (C=O) groups excluding carboxylic acids is 1. The van der Waals surface area contributed by atoms with Gasteiger partial charge in [0.15, 0.2) is 5.79 Å². The van der Waals surface area contributed by atoms with Crippen molar-refractivity contribution in [3.05, 3.63) is 11.6 Å². The number of fused-ring (bicyclic) bond motifs is 3. The van der Waals surface area contributed by atoms with Crippen molar-refractivity contribution < 1.29 is 24.1 Å². The highest BCUT2D eigenvalue weighted by Crippen LogP contribution is 2.50. The number of carbonyl (C=O) groups is 1. The van der Waals surface area contributed by atoms with Crippen molar-refractivity contribution in [2.24, 2.45) is 11.8 Å². The second kappa shape index (κ2) is 4.30. The van der Waals surface area contributed by atoms with Crippen LogP contribution in [0.25, 0.3) is 0 Å². The van der Waals surface area contributed by atoms with E-state index in [1.165, 1.54) is 7.11 Å². The molecule has 5 heteroatoms. The van der Waals surface area contributed by atoms with E-state index in [-0.39, 0.29) is 30.0 Å². The van der Waals surface area contributed by atoms with Crippen molar-refractivity contribution in [3.8, 4) is 0 Å². The van der Waals surface area contributed by atoms with Gasteiger partial charge in [0.25, 0.3) is 0 Å². The first kappa shape index (κ1) is 13.1. The van der Waals surface area contributed by atoms with Crippen LogP contribution in [0.1, 0.15) is 26.7 Å². The van der Waals surface area contributed by atoms with E-state index >= 15 is 0 Å².